The molecule has 3 rings (SSSR count). The first kappa shape index (κ1) is 19.0. The van der Waals surface area contributed by atoms with Crippen LogP contribution in [0.15, 0.2) is 24.5 Å². The van der Waals surface area contributed by atoms with Gasteiger partial charge in [-0.05, 0) is 31.0 Å². The summed E-state index contributed by atoms with van der Waals surface area (Å²) in [5, 5.41) is 24.0. The van der Waals surface area contributed by atoms with E-state index < -0.39 is 4.92 Å². The van der Waals surface area contributed by atoms with Gasteiger partial charge >= 0.3 is 5.69 Å². The third-order valence-corrected chi connectivity index (χ3v) is 4.93. The van der Waals surface area contributed by atoms with Gasteiger partial charge in [-0.3, -0.25) is 15.0 Å². The summed E-state index contributed by atoms with van der Waals surface area (Å²) in [5.41, 5.74) is 2.78. The Balaban J connectivity index is 1.89. The maximum atomic E-state index is 11.8. The van der Waals surface area contributed by atoms with E-state index in [-0.39, 0.29) is 18.1 Å². The van der Waals surface area contributed by atoms with Gasteiger partial charge in [0.15, 0.2) is 0 Å². The summed E-state index contributed by atoms with van der Waals surface area (Å²) in [6.45, 7) is 7.35. The third kappa shape index (κ3) is 4.15. The van der Waals surface area contributed by atoms with Gasteiger partial charge in [0.05, 0.1) is 11.5 Å². The van der Waals surface area contributed by atoms with Gasteiger partial charge in [-0.25, -0.2) is 9.97 Å². The van der Waals surface area contributed by atoms with Gasteiger partial charge in [0, 0.05) is 38.4 Å². The van der Waals surface area contributed by atoms with Gasteiger partial charge in [0.2, 0.25) is 11.6 Å². The Morgan fingerprint density at radius 3 is 2.63 bits per heavy atom. The molecule has 1 fully saturated rings. The Hall–Kier alpha value is -2.78. The molecule has 27 heavy (non-hydrogen) atoms. The maximum absolute atomic E-state index is 11.8. The fourth-order valence-electron chi connectivity index (χ4n) is 3.20. The molecule has 1 aliphatic rings. The van der Waals surface area contributed by atoms with Crippen LogP contribution in [0.4, 0.5) is 23.0 Å². The van der Waals surface area contributed by atoms with Crippen molar-refractivity contribution in [2.24, 2.45) is 0 Å². The molecule has 0 spiro atoms. The molecule has 0 amide bonds. The number of aryl methyl sites for hydroxylation is 1. The number of nitrogens with zero attached hydrogens (tertiary/aromatic N) is 5. The molecule has 1 aliphatic heterocycles. The van der Waals surface area contributed by atoms with Crippen molar-refractivity contribution in [1.82, 2.24) is 14.9 Å². The van der Waals surface area contributed by atoms with Crippen molar-refractivity contribution >= 4 is 23.0 Å². The Kier molecular flexibility index (Phi) is 5.82. The smallest absolute Gasteiger partial charge is 0.353 e. The lowest BCUT2D eigenvalue weighted by atomic mass is 10.1. The largest absolute Gasteiger partial charge is 0.395 e. The number of aromatic nitrogens is 2. The van der Waals surface area contributed by atoms with Gasteiger partial charge in [0.25, 0.3) is 0 Å². The number of aliphatic hydroxyl groups is 1. The topological polar surface area (TPSA) is 108 Å². The molecule has 2 aromatic rings. The van der Waals surface area contributed by atoms with Crippen LogP contribution in [0.2, 0.25) is 0 Å². The summed E-state index contributed by atoms with van der Waals surface area (Å²) in [6, 6.07) is 5.77. The lowest BCUT2D eigenvalue weighted by molar-refractivity contribution is -0.383. The Morgan fingerprint density at radius 1 is 1.22 bits per heavy atom. The third-order valence-electron chi connectivity index (χ3n) is 4.93. The molecule has 144 valence electrons. The average Bonchev–Trinajstić information content (AvgIpc) is 2.66. The van der Waals surface area contributed by atoms with Crippen molar-refractivity contribution in [2.45, 2.75) is 13.8 Å². The van der Waals surface area contributed by atoms with E-state index in [9.17, 15) is 10.1 Å². The van der Waals surface area contributed by atoms with Crippen LogP contribution < -0.4 is 10.2 Å². The molecular formula is C18H24N6O3. The summed E-state index contributed by atoms with van der Waals surface area (Å²) >= 11 is 0. The second kappa shape index (κ2) is 8.28. The van der Waals surface area contributed by atoms with E-state index in [1.807, 2.05) is 36.9 Å². The van der Waals surface area contributed by atoms with Crippen LogP contribution in [0.25, 0.3) is 0 Å². The SMILES string of the molecule is Cc1cccc(Nc2ncnc(N3CCN(CCO)CC3)c2[N+](=O)[O-])c1C. The first-order valence-corrected chi connectivity index (χ1v) is 8.92. The van der Waals surface area contributed by atoms with E-state index in [2.05, 4.69) is 20.2 Å². The first-order valence-electron chi connectivity index (χ1n) is 8.92. The highest BCUT2D eigenvalue weighted by Gasteiger charge is 2.29. The zero-order valence-corrected chi connectivity index (χ0v) is 15.6. The van der Waals surface area contributed by atoms with Crippen molar-refractivity contribution < 1.29 is 10.0 Å². The van der Waals surface area contributed by atoms with E-state index in [4.69, 9.17) is 5.11 Å². The molecule has 0 aliphatic carbocycles. The molecule has 1 aromatic heterocycles. The molecule has 0 radical (unpaired) electrons. The van der Waals surface area contributed by atoms with Crippen molar-refractivity contribution in [3.63, 3.8) is 0 Å². The second-order valence-corrected chi connectivity index (χ2v) is 6.58. The van der Waals surface area contributed by atoms with Gasteiger partial charge < -0.3 is 15.3 Å². The normalized spacial score (nSPS) is 15.0. The summed E-state index contributed by atoms with van der Waals surface area (Å²) < 4.78 is 0. The van der Waals surface area contributed by atoms with E-state index in [1.165, 1.54) is 6.33 Å². The average molecular weight is 372 g/mol. The summed E-state index contributed by atoms with van der Waals surface area (Å²) in [6.07, 6.45) is 1.36. The molecular weight excluding hydrogens is 348 g/mol. The Bertz CT molecular complexity index is 821. The van der Waals surface area contributed by atoms with Crippen LogP contribution in [0.1, 0.15) is 11.1 Å². The summed E-state index contributed by atoms with van der Waals surface area (Å²) in [4.78, 5) is 23.7. The highest BCUT2D eigenvalue weighted by atomic mass is 16.6. The number of rotatable bonds is 6. The Labute approximate surface area is 157 Å². The van der Waals surface area contributed by atoms with Crippen LogP contribution >= 0.6 is 0 Å². The van der Waals surface area contributed by atoms with Crippen LogP contribution in [0.3, 0.4) is 0 Å². The van der Waals surface area contributed by atoms with Crippen LogP contribution in [-0.2, 0) is 0 Å². The quantitative estimate of drug-likeness (QED) is 0.584. The monoisotopic (exact) mass is 372 g/mol. The number of piperazine rings is 1. The predicted molar refractivity (Wildman–Crippen MR) is 104 cm³/mol. The number of nitrogens with one attached hydrogen (secondary N) is 1. The van der Waals surface area contributed by atoms with Crippen LogP contribution in [-0.4, -0.2) is 64.2 Å². The van der Waals surface area contributed by atoms with E-state index in [0.29, 0.717) is 25.5 Å². The molecule has 0 saturated carbocycles. The molecule has 1 saturated heterocycles. The van der Waals surface area contributed by atoms with Gasteiger partial charge in [-0.1, -0.05) is 12.1 Å². The zero-order valence-electron chi connectivity index (χ0n) is 15.6. The molecule has 2 heterocycles. The number of anilines is 3. The van der Waals surface area contributed by atoms with Gasteiger partial charge in [-0.15, -0.1) is 0 Å². The van der Waals surface area contributed by atoms with Gasteiger partial charge in [0.1, 0.15) is 6.33 Å². The Morgan fingerprint density at radius 2 is 1.96 bits per heavy atom. The highest BCUT2D eigenvalue weighted by Crippen LogP contribution is 2.34. The fourth-order valence-corrected chi connectivity index (χ4v) is 3.20. The lowest BCUT2D eigenvalue weighted by Gasteiger charge is -2.34. The second-order valence-electron chi connectivity index (χ2n) is 6.58. The number of benzene rings is 1. The molecule has 0 unspecified atom stereocenters. The highest BCUT2D eigenvalue weighted by molar-refractivity contribution is 5.75. The molecule has 0 atom stereocenters. The van der Waals surface area contributed by atoms with E-state index in [1.54, 1.807) is 0 Å². The number of β-amino-alcohol motifs (C(OH)–C–C–N with tert-alkyl or cyclic N) is 1. The number of hydrogen-bond acceptors (Lipinski definition) is 8. The number of hydrogen-bond donors (Lipinski definition) is 2. The predicted octanol–water partition coefficient (Wildman–Crippen LogP) is 1.86. The van der Waals surface area contributed by atoms with E-state index >= 15 is 0 Å². The van der Waals surface area contributed by atoms with Crippen molar-refractivity contribution in [3.8, 4) is 0 Å². The minimum Gasteiger partial charge on any atom is -0.395 e. The molecule has 1 aromatic carbocycles. The lowest BCUT2D eigenvalue weighted by Crippen LogP contribution is -2.47. The minimum atomic E-state index is -0.428. The number of nitro groups is 1. The minimum absolute atomic E-state index is 0.109. The van der Waals surface area contributed by atoms with Gasteiger partial charge in [-0.2, -0.15) is 0 Å². The zero-order chi connectivity index (χ0) is 19.4. The standard InChI is InChI=1S/C18H24N6O3/c1-13-4-3-5-15(14(13)2)21-17-16(24(26)27)18(20-12-19-17)23-8-6-22(7-9-23)10-11-25/h3-5,12,25H,6-11H2,1-2H3,(H,19,20,21). The van der Waals surface area contributed by atoms with Crippen molar-refractivity contribution in [1.29, 1.82) is 0 Å². The summed E-state index contributed by atoms with van der Waals surface area (Å²) in [5.74, 6) is 0.517. The molecule has 9 nitrogen and oxygen atoms in total. The van der Waals surface area contributed by atoms with Crippen LogP contribution in [0, 0.1) is 24.0 Å². The maximum Gasteiger partial charge on any atom is 0.353 e. The summed E-state index contributed by atoms with van der Waals surface area (Å²) in [7, 11) is 0. The molecule has 2 N–H and O–H groups in total. The molecule has 0 bridgehead atoms. The fraction of sp³-hybridized carbons (Fsp3) is 0.444. The molecule has 9 heteroatoms. The van der Waals surface area contributed by atoms with E-state index in [0.717, 1.165) is 29.9 Å². The number of aliphatic hydroxyl groups excluding tert-OH is 1. The van der Waals surface area contributed by atoms with Crippen molar-refractivity contribution in [3.05, 3.63) is 45.8 Å². The van der Waals surface area contributed by atoms with Crippen molar-refractivity contribution in [2.75, 3.05) is 49.5 Å². The first-order chi connectivity index (χ1) is 13.0. The van der Waals surface area contributed by atoms with Crippen LogP contribution in [0.5, 0.6) is 0 Å².